The Bertz CT molecular complexity index is 976. The molecule has 2 aromatic heterocycles. The van der Waals surface area contributed by atoms with Crippen molar-refractivity contribution in [3.63, 3.8) is 0 Å². The number of fused-ring (bicyclic) bond motifs is 1. The molecule has 5 heteroatoms. The lowest BCUT2D eigenvalue weighted by molar-refractivity contribution is 0.298. The lowest BCUT2D eigenvalue weighted by Gasteiger charge is -2.11. The van der Waals surface area contributed by atoms with Crippen LogP contribution in [0.25, 0.3) is 21.7 Å². The van der Waals surface area contributed by atoms with Crippen LogP contribution in [0.4, 0.5) is 0 Å². The van der Waals surface area contributed by atoms with Crippen LogP contribution in [0.5, 0.6) is 11.5 Å². The van der Waals surface area contributed by atoms with E-state index in [9.17, 15) is 0 Å². The van der Waals surface area contributed by atoms with Gasteiger partial charge in [-0.05, 0) is 35.7 Å². The highest BCUT2D eigenvalue weighted by molar-refractivity contribution is 7.13. The zero-order chi connectivity index (χ0) is 17.1. The molecule has 0 atom stereocenters. The summed E-state index contributed by atoms with van der Waals surface area (Å²) < 4.78 is 13.4. The lowest BCUT2D eigenvalue weighted by atomic mass is 10.3. The van der Waals surface area contributed by atoms with E-state index in [0.29, 0.717) is 6.61 Å². The van der Waals surface area contributed by atoms with Crippen LogP contribution in [0.2, 0.25) is 0 Å². The Morgan fingerprint density at radius 2 is 1.88 bits per heavy atom. The minimum Gasteiger partial charge on any atom is -0.497 e. The molecule has 2 aromatic carbocycles. The highest BCUT2D eigenvalue weighted by Crippen LogP contribution is 2.28. The maximum absolute atomic E-state index is 5.92. The first-order valence-electron chi connectivity index (χ1n) is 8.11. The predicted octanol–water partition coefficient (Wildman–Crippen LogP) is 4.85. The molecule has 0 N–H and O–H groups in total. The number of imidazole rings is 1. The van der Waals surface area contributed by atoms with Crippen LogP contribution in [-0.4, -0.2) is 23.3 Å². The van der Waals surface area contributed by atoms with Gasteiger partial charge in [-0.15, -0.1) is 11.3 Å². The topological polar surface area (TPSA) is 36.3 Å². The smallest absolute Gasteiger partial charge is 0.151 e. The van der Waals surface area contributed by atoms with Gasteiger partial charge in [0.1, 0.15) is 18.1 Å². The standard InChI is InChI=1S/C20H18N2O2S/c1-23-15-6-4-7-16(14-15)24-12-11-22-18-9-3-2-8-17(18)21-20(22)19-10-5-13-25-19/h2-10,13-14H,11-12H2,1H3. The molecule has 0 saturated heterocycles. The fourth-order valence-electron chi connectivity index (χ4n) is 2.84. The van der Waals surface area contributed by atoms with Crippen LogP contribution in [0.1, 0.15) is 0 Å². The Kier molecular flexibility index (Phi) is 4.39. The molecule has 25 heavy (non-hydrogen) atoms. The summed E-state index contributed by atoms with van der Waals surface area (Å²) in [6, 6.07) is 20.0. The van der Waals surface area contributed by atoms with Gasteiger partial charge in [0.05, 0.1) is 29.6 Å². The predicted molar refractivity (Wildman–Crippen MR) is 102 cm³/mol. The summed E-state index contributed by atoms with van der Waals surface area (Å²) in [5.41, 5.74) is 2.13. The van der Waals surface area contributed by atoms with Crippen molar-refractivity contribution in [2.45, 2.75) is 6.54 Å². The van der Waals surface area contributed by atoms with Crippen molar-refractivity contribution in [1.29, 1.82) is 0 Å². The van der Waals surface area contributed by atoms with Crippen molar-refractivity contribution in [2.24, 2.45) is 0 Å². The number of ether oxygens (including phenoxy) is 2. The molecule has 0 fully saturated rings. The molecule has 0 aliphatic heterocycles. The minimum atomic E-state index is 0.561. The molecule has 126 valence electrons. The summed E-state index contributed by atoms with van der Waals surface area (Å²) in [5, 5.41) is 2.08. The van der Waals surface area contributed by atoms with Crippen LogP contribution in [0.15, 0.2) is 66.0 Å². The second-order valence-electron chi connectivity index (χ2n) is 5.58. The average molecular weight is 350 g/mol. The average Bonchev–Trinajstić information content (AvgIpc) is 3.30. The number of rotatable bonds is 6. The molecule has 0 unspecified atom stereocenters. The number of aromatic nitrogens is 2. The van der Waals surface area contributed by atoms with Gasteiger partial charge in [0.25, 0.3) is 0 Å². The van der Waals surface area contributed by atoms with Crippen LogP contribution >= 0.6 is 11.3 Å². The van der Waals surface area contributed by atoms with E-state index in [2.05, 4.69) is 28.1 Å². The highest BCUT2D eigenvalue weighted by Gasteiger charge is 2.13. The molecule has 4 aromatic rings. The van der Waals surface area contributed by atoms with Gasteiger partial charge >= 0.3 is 0 Å². The Balaban J connectivity index is 1.59. The maximum Gasteiger partial charge on any atom is 0.151 e. The highest BCUT2D eigenvalue weighted by atomic mass is 32.1. The Hall–Kier alpha value is -2.79. The van der Waals surface area contributed by atoms with Crippen LogP contribution in [0, 0.1) is 0 Å². The summed E-state index contributed by atoms with van der Waals surface area (Å²) in [6.07, 6.45) is 0. The summed E-state index contributed by atoms with van der Waals surface area (Å²) in [6.45, 7) is 1.29. The Morgan fingerprint density at radius 1 is 1.00 bits per heavy atom. The van der Waals surface area contributed by atoms with Crippen molar-refractivity contribution < 1.29 is 9.47 Å². The molecule has 0 saturated carbocycles. The largest absolute Gasteiger partial charge is 0.497 e. The summed E-state index contributed by atoms with van der Waals surface area (Å²) >= 11 is 1.70. The SMILES string of the molecule is COc1cccc(OCCn2c(-c3cccs3)nc3ccccc32)c1. The summed E-state index contributed by atoms with van der Waals surface area (Å²) in [7, 11) is 1.66. The first-order valence-corrected chi connectivity index (χ1v) is 8.99. The van der Waals surface area contributed by atoms with Gasteiger partial charge in [0, 0.05) is 6.07 Å². The zero-order valence-corrected chi connectivity index (χ0v) is 14.7. The van der Waals surface area contributed by atoms with Gasteiger partial charge in [0.2, 0.25) is 0 Å². The fraction of sp³-hybridized carbons (Fsp3) is 0.150. The van der Waals surface area contributed by atoms with Gasteiger partial charge in [-0.2, -0.15) is 0 Å². The molecular weight excluding hydrogens is 332 g/mol. The van der Waals surface area contributed by atoms with E-state index in [1.807, 2.05) is 42.5 Å². The van der Waals surface area contributed by atoms with E-state index >= 15 is 0 Å². The van der Waals surface area contributed by atoms with Crippen molar-refractivity contribution in [3.05, 3.63) is 66.0 Å². The van der Waals surface area contributed by atoms with Gasteiger partial charge in [-0.1, -0.05) is 24.3 Å². The lowest BCUT2D eigenvalue weighted by Crippen LogP contribution is -2.09. The molecule has 0 spiro atoms. The molecule has 0 amide bonds. The molecule has 0 radical (unpaired) electrons. The van der Waals surface area contributed by atoms with Crippen LogP contribution in [0.3, 0.4) is 0 Å². The minimum absolute atomic E-state index is 0.561. The van der Waals surface area contributed by atoms with E-state index in [0.717, 1.165) is 39.8 Å². The number of hydrogen-bond acceptors (Lipinski definition) is 4. The second kappa shape index (κ2) is 6.99. The van der Waals surface area contributed by atoms with Crippen LogP contribution in [-0.2, 0) is 6.54 Å². The number of thiophene rings is 1. The van der Waals surface area contributed by atoms with E-state index < -0.39 is 0 Å². The summed E-state index contributed by atoms with van der Waals surface area (Å²) in [4.78, 5) is 5.97. The number of hydrogen-bond donors (Lipinski definition) is 0. The molecule has 0 aliphatic rings. The third-order valence-electron chi connectivity index (χ3n) is 4.02. The van der Waals surface area contributed by atoms with E-state index in [4.69, 9.17) is 14.5 Å². The van der Waals surface area contributed by atoms with E-state index in [1.54, 1.807) is 18.4 Å². The molecule has 2 heterocycles. The third-order valence-corrected chi connectivity index (χ3v) is 4.89. The quantitative estimate of drug-likeness (QED) is 0.499. The number of benzene rings is 2. The van der Waals surface area contributed by atoms with Crippen molar-refractivity contribution >= 4 is 22.4 Å². The van der Waals surface area contributed by atoms with Crippen molar-refractivity contribution in [3.8, 4) is 22.2 Å². The van der Waals surface area contributed by atoms with Crippen molar-refractivity contribution in [2.75, 3.05) is 13.7 Å². The molecular formula is C20H18N2O2S. The van der Waals surface area contributed by atoms with E-state index in [1.165, 1.54) is 0 Å². The Morgan fingerprint density at radius 3 is 2.72 bits per heavy atom. The van der Waals surface area contributed by atoms with Crippen molar-refractivity contribution in [1.82, 2.24) is 9.55 Å². The number of para-hydroxylation sites is 2. The third kappa shape index (κ3) is 3.23. The fourth-order valence-corrected chi connectivity index (χ4v) is 3.56. The van der Waals surface area contributed by atoms with Gasteiger partial charge in [-0.3, -0.25) is 0 Å². The monoisotopic (exact) mass is 350 g/mol. The molecule has 0 bridgehead atoms. The molecule has 4 nitrogen and oxygen atoms in total. The van der Waals surface area contributed by atoms with Gasteiger partial charge in [0.15, 0.2) is 5.82 Å². The summed E-state index contributed by atoms with van der Waals surface area (Å²) in [5.74, 6) is 2.59. The van der Waals surface area contributed by atoms with Gasteiger partial charge < -0.3 is 14.0 Å². The Labute approximate surface area is 150 Å². The maximum atomic E-state index is 5.92. The molecule has 4 rings (SSSR count). The number of nitrogens with zero attached hydrogens (tertiary/aromatic N) is 2. The zero-order valence-electron chi connectivity index (χ0n) is 13.9. The molecule has 0 aliphatic carbocycles. The second-order valence-corrected chi connectivity index (χ2v) is 6.53. The normalized spacial score (nSPS) is 10.9. The van der Waals surface area contributed by atoms with Crippen LogP contribution < -0.4 is 9.47 Å². The first kappa shape index (κ1) is 15.7. The van der Waals surface area contributed by atoms with E-state index in [-0.39, 0.29) is 0 Å². The number of methoxy groups -OCH3 is 1. The van der Waals surface area contributed by atoms with Gasteiger partial charge in [-0.25, -0.2) is 4.98 Å². The first-order chi connectivity index (χ1) is 12.3.